The van der Waals surface area contributed by atoms with Crippen molar-refractivity contribution in [3.63, 3.8) is 0 Å². The fourth-order valence-electron chi connectivity index (χ4n) is 2.27. The summed E-state index contributed by atoms with van der Waals surface area (Å²) in [5, 5.41) is 3.16. The van der Waals surface area contributed by atoms with E-state index in [0.717, 1.165) is 12.1 Å². The van der Waals surface area contributed by atoms with Crippen LogP contribution in [0.25, 0.3) is 10.9 Å². The van der Waals surface area contributed by atoms with Crippen molar-refractivity contribution in [2.75, 3.05) is 5.32 Å². The van der Waals surface area contributed by atoms with Crippen LogP contribution in [0, 0.1) is 0 Å². The quantitative estimate of drug-likeness (QED) is 0.779. The fraction of sp³-hybridized carbons (Fsp3) is 0.118. The number of amides is 1. The van der Waals surface area contributed by atoms with Crippen molar-refractivity contribution in [3.8, 4) is 0 Å². The van der Waals surface area contributed by atoms with Gasteiger partial charge in [-0.25, -0.2) is 4.98 Å². The van der Waals surface area contributed by atoms with Crippen molar-refractivity contribution < 1.29 is 4.79 Å². The lowest BCUT2D eigenvalue weighted by Crippen LogP contribution is -2.22. The zero-order valence-electron chi connectivity index (χ0n) is 12.1. The fourth-order valence-corrected chi connectivity index (χ4v) is 2.27. The molecule has 2 N–H and O–H groups in total. The van der Waals surface area contributed by atoms with Gasteiger partial charge in [-0.2, -0.15) is 0 Å². The maximum absolute atomic E-state index is 12.4. The summed E-state index contributed by atoms with van der Waals surface area (Å²) in [5.74, 6) is -0.0235. The van der Waals surface area contributed by atoms with Crippen molar-refractivity contribution in [1.82, 2.24) is 9.97 Å². The Morgan fingerprint density at radius 3 is 2.82 bits per heavy atom. The van der Waals surface area contributed by atoms with E-state index in [4.69, 9.17) is 0 Å². The monoisotopic (exact) mass is 293 g/mol. The summed E-state index contributed by atoms with van der Waals surface area (Å²) < 4.78 is 0. The third kappa shape index (κ3) is 2.61. The summed E-state index contributed by atoms with van der Waals surface area (Å²) in [7, 11) is 0. The van der Waals surface area contributed by atoms with Gasteiger partial charge in [0.15, 0.2) is 0 Å². The highest BCUT2D eigenvalue weighted by Crippen LogP contribution is 2.10. The maximum atomic E-state index is 12.4. The van der Waals surface area contributed by atoms with Crippen LogP contribution < -0.4 is 10.7 Å². The molecule has 1 amide bonds. The second kappa shape index (κ2) is 5.81. The largest absolute Gasteiger partial charge is 0.360 e. The number of rotatable bonds is 3. The van der Waals surface area contributed by atoms with E-state index in [-0.39, 0.29) is 11.0 Å². The first kappa shape index (κ1) is 14.0. The molecule has 3 aromatic rings. The predicted molar refractivity (Wildman–Crippen MR) is 86.1 cm³/mol. The van der Waals surface area contributed by atoms with Gasteiger partial charge in [0.2, 0.25) is 5.43 Å². The average Bonchev–Trinajstić information content (AvgIpc) is 2.55. The first-order chi connectivity index (χ1) is 10.7. The molecule has 0 atom stereocenters. The molecular weight excluding hydrogens is 278 g/mol. The highest BCUT2D eigenvalue weighted by atomic mass is 16.2. The van der Waals surface area contributed by atoms with Gasteiger partial charge in [0.25, 0.3) is 5.91 Å². The minimum Gasteiger partial charge on any atom is -0.360 e. The van der Waals surface area contributed by atoms with Crippen LogP contribution in [0.1, 0.15) is 23.0 Å². The number of nitrogens with zero attached hydrogens (tertiary/aromatic N) is 1. The number of carbonyl (C=O) groups is 1. The Hall–Kier alpha value is -2.95. The number of carbonyl (C=O) groups excluding carboxylic acids is 1. The topological polar surface area (TPSA) is 74.8 Å². The molecule has 2 aromatic heterocycles. The first-order valence-electron chi connectivity index (χ1n) is 7.06. The van der Waals surface area contributed by atoms with Crippen molar-refractivity contribution in [3.05, 3.63) is 70.1 Å². The Bertz CT molecular complexity index is 900. The summed E-state index contributed by atoms with van der Waals surface area (Å²) in [6.07, 6.45) is 2.21. The van der Waals surface area contributed by atoms with Gasteiger partial charge in [-0.3, -0.25) is 9.59 Å². The zero-order chi connectivity index (χ0) is 15.5. The summed E-state index contributed by atoms with van der Waals surface area (Å²) in [5.41, 5.74) is 1.36. The Balaban J connectivity index is 1.95. The van der Waals surface area contributed by atoms with Gasteiger partial charge < -0.3 is 10.3 Å². The normalized spacial score (nSPS) is 10.6. The van der Waals surface area contributed by atoms with Gasteiger partial charge in [0.1, 0.15) is 11.4 Å². The highest BCUT2D eigenvalue weighted by molar-refractivity contribution is 6.05. The molecule has 0 radical (unpaired) electrons. The number of pyridine rings is 2. The Labute approximate surface area is 127 Å². The Morgan fingerprint density at radius 1 is 1.18 bits per heavy atom. The van der Waals surface area contributed by atoms with Crippen LogP contribution in [-0.2, 0) is 6.42 Å². The molecule has 22 heavy (non-hydrogen) atoms. The van der Waals surface area contributed by atoms with Crippen LogP contribution in [0.15, 0.2) is 53.5 Å². The van der Waals surface area contributed by atoms with Crippen LogP contribution in [0.4, 0.5) is 5.82 Å². The van der Waals surface area contributed by atoms with Crippen LogP contribution in [0.3, 0.4) is 0 Å². The molecular formula is C17H15N3O2. The number of aryl methyl sites for hydroxylation is 1. The van der Waals surface area contributed by atoms with E-state index < -0.39 is 5.91 Å². The number of hydrogen-bond acceptors (Lipinski definition) is 3. The SMILES string of the molecule is CCc1cccc(NC(=O)c2c[nH]c3ccccc3c2=O)n1. The standard InChI is InChI=1S/C17H15N3O2/c1-2-11-6-5-9-15(19-11)20-17(22)13-10-18-14-8-4-3-7-12(14)16(13)21/h3-10H,2H2,1H3,(H,18,21)(H,19,20,22). The molecule has 0 unspecified atom stereocenters. The number of benzene rings is 1. The number of nitrogens with one attached hydrogen (secondary N) is 2. The second-order valence-corrected chi connectivity index (χ2v) is 4.90. The number of hydrogen-bond donors (Lipinski definition) is 2. The predicted octanol–water partition coefficient (Wildman–Crippen LogP) is 2.74. The summed E-state index contributed by atoms with van der Waals surface area (Å²) in [6.45, 7) is 1.99. The second-order valence-electron chi connectivity index (χ2n) is 4.90. The van der Waals surface area contributed by atoms with E-state index >= 15 is 0 Å². The smallest absolute Gasteiger partial charge is 0.262 e. The van der Waals surface area contributed by atoms with E-state index in [1.54, 1.807) is 24.3 Å². The van der Waals surface area contributed by atoms with Gasteiger partial charge in [0.05, 0.1) is 0 Å². The van der Waals surface area contributed by atoms with Crippen LogP contribution in [0.2, 0.25) is 0 Å². The van der Waals surface area contributed by atoms with E-state index in [0.29, 0.717) is 16.7 Å². The van der Waals surface area contributed by atoms with E-state index in [1.807, 2.05) is 25.1 Å². The van der Waals surface area contributed by atoms with Crippen molar-refractivity contribution >= 4 is 22.6 Å². The number of anilines is 1. The lowest BCUT2D eigenvalue weighted by atomic mass is 10.1. The Kier molecular flexibility index (Phi) is 3.70. The lowest BCUT2D eigenvalue weighted by molar-refractivity contribution is 0.102. The minimum atomic E-state index is -0.465. The number of fused-ring (bicyclic) bond motifs is 1. The van der Waals surface area contributed by atoms with Crippen LogP contribution >= 0.6 is 0 Å². The first-order valence-corrected chi connectivity index (χ1v) is 7.06. The van der Waals surface area contributed by atoms with Gasteiger partial charge in [-0.1, -0.05) is 25.1 Å². The third-order valence-corrected chi connectivity index (χ3v) is 3.44. The summed E-state index contributed by atoms with van der Waals surface area (Å²) in [6, 6.07) is 12.5. The molecule has 3 rings (SSSR count). The van der Waals surface area contributed by atoms with Gasteiger partial charge in [-0.05, 0) is 30.7 Å². The van der Waals surface area contributed by atoms with Crippen molar-refractivity contribution in [2.45, 2.75) is 13.3 Å². The van der Waals surface area contributed by atoms with Gasteiger partial charge >= 0.3 is 0 Å². The molecule has 0 spiro atoms. The molecule has 0 saturated heterocycles. The molecule has 5 heteroatoms. The lowest BCUT2D eigenvalue weighted by Gasteiger charge is -2.06. The van der Waals surface area contributed by atoms with Crippen LogP contribution in [0.5, 0.6) is 0 Å². The third-order valence-electron chi connectivity index (χ3n) is 3.44. The molecule has 5 nitrogen and oxygen atoms in total. The molecule has 0 fully saturated rings. The van der Waals surface area contributed by atoms with Crippen molar-refractivity contribution in [1.29, 1.82) is 0 Å². The molecule has 0 aliphatic carbocycles. The zero-order valence-corrected chi connectivity index (χ0v) is 12.1. The molecule has 1 aromatic carbocycles. The van der Waals surface area contributed by atoms with E-state index in [2.05, 4.69) is 15.3 Å². The summed E-state index contributed by atoms with van der Waals surface area (Å²) in [4.78, 5) is 32.0. The Morgan fingerprint density at radius 2 is 2.00 bits per heavy atom. The molecule has 0 saturated carbocycles. The van der Waals surface area contributed by atoms with Gasteiger partial charge in [0, 0.05) is 22.8 Å². The number of aromatic amines is 1. The summed E-state index contributed by atoms with van der Waals surface area (Å²) >= 11 is 0. The number of H-pyrrole nitrogens is 1. The number of aromatic nitrogens is 2. The number of para-hydroxylation sites is 1. The maximum Gasteiger partial charge on any atom is 0.262 e. The van der Waals surface area contributed by atoms with E-state index in [1.165, 1.54) is 6.20 Å². The minimum absolute atomic E-state index is 0.0717. The average molecular weight is 293 g/mol. The highest BCUT2D eigenvalue weighted by Gasteiger charge is 2.13. The molecule has 110 valence electrons. The van der Waals surface area contributed by atoms with Crippen LogP contribution in [-0.4, -0.2) is 15.9 Å². The molecule has 0 bridgehead atoms. The molecule has 0 aliphatic rings. The van der Waals surface area contributed by atoms with E-state index in [9.17, 15) is 9.59 Å². The van der Waals surface area contributed by atoms with Crippen molar-refractivity contribution in [2.24, 2.45) is 0 Å². The molecule has 2 heterocycles. The van der Waals surface area contributed by atoms with Gasteiger partial charge in [-0.15, -0.1) is 0 Å². The molecule has 0 aliphatic heterocycles.